The van der Waals surface area contributed by atoms with Crippen LogP contribution in [0.4, 0.5) is 10.7 Å². The third kappa shape index (κ3) is 3.35. The number of carbonyl (C=O) groups excluding carboxylic acids is 2. The van der Waals surface area contributed by atoms with E-state index in [1.54, 1.807) is 23.8 Å². The van der Waals surface area contributed by atoms with Gasteiger partial charge in [-0.2, -0.15) is 0 Å². The van der Waals surface area contributed by atoms with Crippen LogP contribution < -0.4 is 10.6 Å². The Morgan fingerprint density at radius 1 is 1.35 bits per heavy atom. The van der Waals surface area contributed by atoms with Crippen molar-refractivity contribution in [2.45, 2.75) is 12.8 Å². The standard InChI is InChI=1S/C17H13ClN4O2S2/c18-10-8-26-17(14(10)16-20-4-5-25-16)22-13(23)7-9-6-12-11(21-15(9)24)2-1-3-19-12/h1-5,8-9H,6-7H2,(H,21,24)(H,22,23). The number of thiazole rings is 1. The molecule has 1 unspecified atom stereocenters. The molecular weight excluding hydrogens is 392 g/mol. The summed E-state index contributed by atoms with van der Waals surface area (Å²) in [5.74, 6) is -0.845. The molecule has 1 aliphatic rings. The molecule has 26 heavy (non-hydrogen) atoms. The number of carbonyl (C=O) groups is 2. The second-order valence-electron chi connectivity index (χ2n) is 5.77. The number of aromatic nitrogens is 2. The van der Waals surface area contributed by atoms with Gasteiger partial charge in [-0.3, -0.25) is 14.6 Å². The van der Waals surface area contributed by atoms with Gasteiger partial charge in [0.25, 0.3) is 0 Å². The fourth-order valence-electron chi connectivity index (χ4n) is 2.82. The molecule has 0 bridgehead atoms. The number of thiophene rings is 1. The Morgan fingerprint density at radius 2 is 2.23 bits per heavy atom. The van der Waals surface area contributed by atoms with Gasteiger partial charge in [0.15, 0.2) is 0 Å². The first-order chi connectivity index (χ1) is 12.6. The Labute approximate surface area is 162 Å². The van der Waals surface area contributed by atoms with E-state index in [2.05, 4.69) is 20.6 Å². The monoisotopic (exact) mass is 404 g/mol. The first-order valence-corrected chi connectivity index (χ1v) is 9.97. The van der Waals surface area contributed by atoms with Gasteiger partial charge in [-0.25, -0.2) is 4.98 Å². The molecular formula is C17H13ClN4O2S2. The molecule has 9 heteroatoms. The molecule has 3 aromatic heterocycles. The highest BCUT2D eigenvalue weighted by molar-refractivity contribution is 7.17. The SMILES string of the molecule is O=C(CC1Cc2ncccc2NC1=O)Nc1scc(Cl)c1-c1nccs1. The number of hydrogen-bond acceptors (Lipinski definition) is 6. The van der Waals surface area contributed by atoms with E-state index < -0.39 is 5.92 Å². The number of amides is 2. The zero-order chi connectivity index (χ0) is 18.1. The van der Waals surface area contributed by atoms with E-state index in [9.17, 15) is 9.59 Å². The van der Waals surface area contributed by atoms with Crippen molar-refractivity contribution in [3.05, 3.63) is 46.0 Å². The first-order valence-electron chi connectivity index (χ1n) is 7.83. The van der Waals surface area contributed by atoms with Gasteiger partial charge >= 0.3 is 0 Å². The van der Waals surface area contributed by atoms with Crippen LogP contribution in [0.25, 0.3) is 10.6 Å². The second kappa shape index (κ2) is 7.14. The largest absolute Gasteiger partial charge is 0.324 e. The summed E-state index contributed by atoms with van der Waals surface area (Å²) < 4.78 is 0. The topological polar surface area (TPSA) is 84.0 Å². The van der Waals surface area contributed by atoms with E-state index in [0.29, 0.717) is 22.1 Å². The van der Waals surface area contributed by atoms with E-state index in [1.165, 1.54) is 22.7 Å². The van der Waals surface area contributed by atoms with Crippen LogP contribution >= 0.6 is 34.3 Å². The molecule has 0 saturated carbocycles. The van der Waals surface area contributed by atoms with Crippen molar-refractivity contribution in [1.29, 1.82) is 0 Å². The van der Waals surface area contributed by atoms with Gasteiger partial charge in [0.2, 0.25) is 11.8 Å². The number of anilines is 2. The molecule has 132 valence electrons. The molecule has 6 nitrogen and oxygen atoms in total. The third-order valence-electron chi connectivity index (χ3n) is 4.04. The Morgan fingerprint density at radius 3 is 3.04 bits per heavy atom. The highest BCUT2D eigenvalue weighted by Crippen LogP contribution is 2.41. The van der Waals surface area contributed by atoms with Gasteiger partial charge in [0.05, 0.1) is 27.9 Å². The van der Waals surface area contributed by atoms with E-state index >= 15 is 0 Å². The zero-order valence-electron chi connectivity index (χ0n) is 13.4. The predicted octanol–water partition coefficient (Wildman–Crippen LogP) is 4.06. The lowest BCUT2D eigenvalue weighted by atomic mass is 9.93. The number of halogens is 1. The zero-order valence-corrected chi connectivity index (χ0v) is 15.7. The van der Waals surface area contributed by atoms with Crippen LogP contribution in [0.15, 0.2) is 35.3 Å². The van der Waals surface area contributed by atoms with Gasteiger partial charge in [-0.05, 0) is 12.1 Å². The van der Waals surface area contributed by atoms with Crippen molar-refractivity contribution in [3.8, 4) is 10.6 Å². The van der Waals surface area contributed by atoms with Gasteiger partial charge in [-0.1, -0.05) is 11.6 Å². The lowest BCUT2D eigenvalue weighted by molar-refractivity contribution is -0.125. The van der Waals surface area contributed by atoms with Crippen LogP contribution in [-0.2, 0) is 16.0 Å². The number of pyridine rings is 1. The summed E-state index contributed by atoms with van der Waals surface area (Å²) in [7, 11) is 0. The summed E-state index contributed by atoms with van der Waals surface area (Å²) in [4.78, 5) is 33.3. The Bertz CT molecular complexity index is 971. The molecule has 1 aliphatic heterocycles. The maximum atomic E-state index is 12.5. The molecule has 0 saturated heterocycles. The Balaban J connectivity index is 1.48. The quantitative estimate of drug-likeness (QED) is 0.686. The number of fused-ring (bicyclic) bond motifs is 1. The molecule has 0 aliphatic carbocycles. The highest BCUT2D eigenvalue weighted by Gasteiger charge is 2.29. The number of nitrogens with one attached hydrogen (secondary N) is 2. The molecule has 0 aromatic carbocycles. The van der Waals surface area contributed by atoms with E-state index in [0.717, 1.165) is 16.3 Å². The van der Waals surface area contributed by atoms with Crippen molar-refractivity contribution in [3.63, 3.8) is 0 Å². The average molecular weight is 405 g/mol. The smallest absolute Gasteiger partial charge is 0.228 e. The van der Waals surface area contributed by atoms with Crippen molar-refractivity contribution in [1.82, 2.24) is 9.97 Å². The molecule has 4 rings (SSSR count). The summed E-state index contributed by atoms with van der Waals surface area (Å²) in [6.07, 6.45) is 3.90. The maximum absolute atomic E-state index is 12.5. The van der Waals surface area contributed by atoms with Gasteiger partial charge in [0, 0.05) is 36.0 Å². The van der Waals surface area contributed by atoms with E-state index in [4.69, 9.17) is 11.6 Å². The number of nitrogens with zero attached hydrogens (tertiary/aromatic N) is 2. The molecule has 0 fully saturated rings. The summed E-state index contributed by atoms with van der Waals surface area (Å²) in [6, 6.07) is 3.58. The van der Waals surface area contributed by atoms with Crippen molar-refractivity contribution in [2.75, 3.05) is 10.6 Å². The number of rotatable bonds is 4. The summed E-state index contributed by atoms with van der Waals surface area (Å²) in [5, 5.41) is 11.2. The highest BCUT2D eigenvalue weighted by atomic mass is 35.5. The van der Waals surface area contributed by atoms with Crippen molar-refractivity contribution < 1.29 is 9.59 Å². The summed E-state index contributed by atoms with van der Waals surface area (Å²) in [5.41, 5.74) is 2.23. The molecule has 3 aromatic rings. The van der Waals surface area contributed by atoms with Crippen LogP contribution in [0.1, 0.15) is 12.1 Å². The molecule has 4 heterocycles. The minimum absolute atomic E-state index is 0.0781. The van der Waals surface area contributed by atoms with Gasteiger partial charge in [-0.15, -0.1) is 22.7 Å². The lowest BCUT2D eigenvalue weighted by Crippen LogP contribution is -2.33. The summed E-state index contributed by atoms with van der Waals surface area (Å²) in [6.45, 7) is 0. The van der Waals surface area contributed by atoms with Gasteiger partial charge < -0.3 is 10.6 Å². The lowest BCUT2D eigenvalue weighted by Gasteiger charge is -2.23. The van der Waals surface area contributed by atoms with E-state index in [-0.39, 0.29) is 18.2 Å². The minimum atomic E-state index is -0.448. The van der Waals surface area contributed by atoms with Gasteiger partial charge in [0.1, 0.15) is 10.0 Å². The van der Waals surface area contributed by atoms with Crippen LogP contribution in [0, 0.1) is 5.92 Å². The molecule has 2 N–H and O–H groups in total. The van der Waals surface area contributed by atoms with Crippen LogP contribution in [0.5, 0.6) is 0 Å². The minimum Gasteiger partial charge on any atom is -0.324 e. The van der Waals surface area contributed by atoms with Crippen LogP contribution in [0.2, 0.25) is 5.02 Å². The molecule has 0 spiro atoms. The first kappa shape index (κ1) is 17.1. The molecule has 1 atom stereocenters. The van der Waals surface area contributed by atoms with E-state index in [1.807, 2.05) is 11.4 Å². The van der Waals surface area contributed by atoms with Crippen LogP contribution in [-0.4, -0.2) is 21.8 Å². The second-order valence-corrected chi connectivity index (χ2v) is 7.95. The van der Waals surface area contributed by atoms with Crippen molar-refractivity contribution in [2.24, 2.45) is 5.92 Å². The molecule has 2 amide bonds. The normalized spacial score (nSPS) is 16.0. The number of hydrogen-bond donors (Lipinski definition) is 2. The fraction of sp³-hybridized carbons (Fsp3) is 0.176. The van der Waals surface area contributed by atoms with Crippen molar-refractivity contribution >= 4 is 56.8 Å². The summed E-state index contributed by atoms with van der Waals surface area (Å²) >= 11 is 9.04. The Hall–Kier alpha value is -2.29. The third-order valence-corrected chi connectivity index (χ3v) is 6.15. The van der Waals surface area contributed by atoms with Crippen LogP contribution in [0.3, 0.4) is 0 Å². The predicted molar refractivity (Wildman–Crippen MR) is 104 cm³/mol. The molecule has 0 radical (unpaired) electrons. The Kier molecular flexibility index (Phi) is 4.71. The maximum Gasteiger partial charge on any atom is 0.228 e. The average Bonchev–Trinajstić information content (AvgIpc) is 3.25. The fourth-order valence-corrected chi connectivity index (χ4v) is 4.85.